The minimum atomic E-state index is 0.248. The van der Waals surface area contributed by atoms with Gasteiger partial charge in [0.2, 0.25) is 0 Å². The van der Waals surface area contributed by atoms with E-state index >= 15 is 0 Å². The third kappa shape index (κ3) is 2.80. The number of benzene rings is 1. The number of carbonyl (C=O) groups excluding carboxylic acids is 1. The van der Waals surface area contributed by atoms with Crippen LogP contribution in [-0.4, -0.2) is 19.5 Å². The van der Waals surface area contributed by atoms with E-state index in [1.54, 1.807) is 19.2 Å². The lowest BCUT2D eigenvalue weighted by Crippen LogP contribution is -2.12. The van der Waals surface area contributed by atoms with E-state index in [0.717, 1.165) is 23.6 Å². The van der Waals surface area contributed by atoms with Crippen molar-refractivity contribution >= 4 is 22.2 Å². The molecule has 0 spiro atoms. The van der Waals surface area contributed by atoms with Crippen LogP contribution in [0.3, 0.4) is 0 Å². The van der Waals surface area contributed by atoms with Crippen LogP contribution in [0.2, 0.25) is 0 Å². The first-order chi connectivity index (χ1) is 8.24. The summed E-state index contributed by atoms with van der Waals surface area (Å²) < 4.78 is 12.0. The van der Waals surface area contributed by atoms with Crippen LogP contribution in [0.1, 0.15) is 36.0 Å². The Bertz CT molecular complexity index is 411. The highest BCUT2D eigenvalue weighted by Crippen LogP contribution is 2.38. The largest absolute Gasteiger partial charge is 0.492 e. The van der Waals surface area contributed by atoms with Crippen LogP contribution < -0.4 is 9.47 Å². The standard InChI is InChI=1S/C13H15BrO3/c1-16-13-11(14)6-9(8-15)7-12(13)17-10-4-2-3-5-10/h6-8,10H,2-5H2,1H3. The van der Waals surface area contributed by atoms with Gasteiger partial charge in [-0.15, -0.1) is 0 Å². The van der Waals surface area contributed by atoms with Gasteiger partial charge in [0.15, 0.2) is 11.5 Å². The van der Waals surface area contributed by atoms with E-state index in [0.29, 0.717) is 17.1 Å². The number of hydrogen-bond acceptors (Lipinski definition) is 3. The zero-order valence-electron chi connectivity index (χ0n) is 9.74. The third-order valence-electron chi connectivity index (χ3n) is 2.97. The normalized spacial score (nSPS) is 15.9. The summed E-state index contributed by atoms with van der Waals surface area (Å²) in [4.78, 5) is 10.8. The van der Waals surface area contributed by atoms with Gasteiger partial charge in [-0.3, -0.25) is 4.79 Å². The molecule has 1 aromatic rings. The fourth-order valence-corrected chi connectivity index (χ4v) is 2.75. The maximum atomic E-state index is 10.8. The Morgan fingerprint density at radius 3 is 2.65 bits per heavy atom. The predicted octanol–water partition coefficient (Wildman–Crippen LogP) is 3.59. The molecule has 0 aliphatic heterocycles. The average molecular weight is 299 g/mol. The molecule has 1 aromatic carbocycles. The minimum Gasteiger partial charge on any atom is -0.492 e. The average Bonchev–Trinajstić information content (AvgIpc) is 2.81. The van der Waals surface area contributed by atoms with Crippen LogP contribution >= 0.6 is 15.9 Å². The van der Waals surface area contributed by atoms with Crippen molar-refractivity contribution in [2.24, 2.45) is 0 Å². The first-order valence-electron chi connectivity index (χ1n) is 5.74. The van der Waals surface area contributed by atoms with E-state index in [9.17, 15) is 4.79 Å². The highest BCUT2D eigenvalue weighted by atomic mass is 79.9. The van der Waals surface area contributed by atoms with E-state index < -0.39 is 0 Å². The molecule has 0 bridgehead atoms. The highest BCUT2D eigenvalue weighted by molar-refractivity contribution is 9.10. The first kappa shape index (κ1) is 12.4. The number of halogens is 1. The van der Waals surface area contributed by atoms with Crippen molar-refractivity contribution in [2.45, 2.75) is 31.8 Å². The molecule has 0 saturated heterocycles. The van der Waals surface area contributed by atoms with E-state index in [1.165, 1.54) is 12.8 Å². The Labute approximate surface area is 109 Å². The highest BCUT2D eigenvalue weighted by Gasteiger charge is 2.20. The minimum absolute atomic E-state index is 0.248. The number of carbonyl (C=O) groups is 1. The zero-order chi connectivity index (χ0) is 12.3. The smallest absolute Gasteiger partial charge is 0.174 e. The quantitative estimate of drug-likeness (QED) is 0.797. The molecule has 0 heterocycles. The third-order valence-corrected chi connectivity index (χ3v) is 3.56. The molecular weight excluding hydrogens is 284 g/mol. The van der Waals surface area contributed by atoms with E-state index in [2.05, 4.69) is 15.9 Å². The van der Waals surface area contributed by atoms with Gasteiger partial charge < -0.3 is 9.47 Å². The summed E-state index contributed by atoms with van der Waals surface area (Å²) in [5.41, 5.74) is 0.589. The number of methoxy groups -OCH3 is 1. The molecule has 0 unspecified atom stereocenters. The zero-order valence-corrected chi connectivity index (χ0v) is 11.3. The maximum absolute atomic E-state index is 10.8. The maximum Gasteiger partial charge on any atom is 0.174 e. The van der Waals surface area contributed by atoms with Crippen molar-refractivity contribution in [1.29, 1.82) is 0 Å². The Hall–Kier alpha value is -1.03. The summed E-state index contributed by atoms with van der Waals surface area (Å²) >= 11 is 3.38. The summed E-state index contributed by atoms with van der Waals surface area (Å²) in [6.45, 7) is 0. The summed E-state index contributed by atoms with van der Waals surface area (Å²) in [6, 6.07) is 3.46. The van der Waals surface area contributed by atoms with Crippen molar-refractivity contribution in [3.05, 3.63) is 22.2 Å². The number of aldehydes is 1. The van der Waals surface area contributed by atoms with E-state index in [4.69, 9.17) is 9.47 Å². The summed E-state index contributed by atoms with van der Waals surface area (Å²) in [7, 11) is 1.60. The number of ether oxygens (including phenoxy) is 2. The van der Waals surface area contributed by atoms with Crippen molar-refractivity contribution < 1.29 is 14.3 Å². The Morgan fingerprint density at radius 1 is 1.35 bits per heavy atom. The van der Waals surface area contributed by atoms with E-state index in [-0.39, 0.29) is 6.10 Å². The molecule has 17 heavy (non-hydrogen) atoms. The molecule has 0 amide bonds. The van der Waals surface area contributed by atoms with Gasteiger partial charge >= 0.3 is 0 Å². The monoisotopic (exact) mass is 298 g/mol. The lowest BCUT2D eigenvalue weighted by molar-refractivity contribution is 0.112. The summed E-state index contributed by atoms with van der Waals surface area (Å²) in [6.07, 6.45) is 5.63. The van der Waals surface area contributed by atoms with Crippen LogP contribution in [0, 0.1) is 0 Å². The van der Waals surface area contributed by atoms with Crippen molar-refractivity contribution in [3.8, 4) is 11.5 Å². The predicted molar refractivity (Wildman–Crippen MR) is 69.0 cm³/mol. The molecule has 2 rings (SSSR count). The molecule has 0 aromatic heterocycles. The van der Waals surface area contributed by atoms with Gasteiger partial charge in [-0.2, -0.15) is 0 Å². The fraction of sp³-hybridized carbons (Fsp3) is 0.462. The van der Waals surface area contributed by atoms with E-state index in [1.807, 2.05) is 0 Å². The molecule has 1 saturated carbocycles. The molecule has 1 fully saturated rings. The molecule has 1 aliphatic carbocycles. The Kier molecular flexibility index (Phi) is 4.05. The molecular formula is C13H15BrO3. The van der Waals surface area contributed by atoms with Gasteiger partial charge in [0.25, 0.3) is 0 Å². The second-order valence-electron chi connectivity index (χ2n) is 4.18. The van der Waals surface area contributed by atoms with Crippen molar-refractivity contribution in [1.82, 2.24) is 0 Å². The first-order valence-corrected chi connectivity index (χ1v) is 6.53. The molecule has 3 nitrogen and oxygen atoms in total. The van der Waals surface area contributed by atoms with Gasteiger partial charge in [0.05, 0.1) is 17.7 Å². The Balaban J connectivity index is 2.28. The van der Waals surface area contributed by atoms with Crippen LogP contribution in [0.15, 0.2) is 16.6 Å². The van der Waals surface area contributed by atoms with Gasteiger partial charge in [0.1, 0.15) is 6.29 Å². The second-order valence-corrected chi connectivity index (χ2v) is 5.03. The van der Waals surface area contributed by atoms with Crippen LogP contribution in [0.5, 0.6) is 11.5 Å². The SMILES string of the molecule is COc1c(Br)cc(C=O)cc1OC1CCCC1. The molecule has 1 aliphatic rings. The fourth-order valence-electron chi connectivity index (χ4n) is 2.13. The molecule has 92 valence electrons. The molecule has 4 heteroatoms. The summed E-state index contributed by atoms with van der Waals surface area (Å²) in [5.74, 6) is 1.30. The van der Waals surface area contributed by atoms with Gasteiger partial charge in [-0.05, 0) is 53.7 Å². The summed E-state index contributed by atoms with van der Waals surface area (Å²) in [5, 5.41) is 0. The molecule has 0 N–H and O–H groups in total. The molecule has 0 radical (unpaired) electrons. The lowest BCUT2D eigenvalue weighted by Gasteiger charge is -2.17. The van der Waals surface area contributed by atoms with Crippen LogP contribution in [0.25, 0.3) is 0 Å². The van der Waals surface area contributed by atoms with Gasteiger partial charge in [-0.25, -0.2) is 0 Å². The Morgan fingerprint density at radius 2 is 2.06 bits per heavy atom. The second kappa shape index (κ2) is 5.54. The topological polar surface area (TPSA) is 35.5 Å². The van der Waals surface area contributed by atoms with Gasteiger partial charge in [0, 0.05) is 5.56 Å². The number of rotatable bonds is 4. The molecule has 0 atom stereocenters. The van der Waals surface area contributed by atoms with Crippen molar-refractivity contribution in [2.75, 3.05) is 7.11 Å². The van der Waals surface area contributed by atoms with Crippen molar-refractivity contribution in [3.63, 3.8) is 0 Å². The number of hydrogen-bond donors (Lipinski definition) is 0. The van der Waals surface area contributed by atoms with Crippen LogP contribution in [0.4, 0.5) is 0 Å². The lowest BCUT2D eigenvalue weighted by atomic mass is 10.2. The van der Waals surface area contributed by atoms with Gasteiger partial charge in [-0.1, -0.05) is 0 Å². The van der Waals surface area contributed by atoms with Crippen LogP contribution in [-0.2, 0) is 0 Å².